The predicted molar refractivity (Wildman–Crippen MR) is 73.5 cm³/mol. The number of hydrogen-bond donors (Lipinski definition) is 2. The predicted octanol–water partition coefficient (Wildman–Crippen LogP) is 1.33. The molecule has 0 aliphatic carbocycles. The fourth-order valence-electron chi connectivity index (χ4n) is 1.30. The zero-order chi connectivity index (χ0) is 12.2. The molecule has 0 radical (unpaired) electrons. The van der Waals surface area contributed by atoms with Gasteiger partial charge in [-0.05, 0) is 31.8 Å². The van der Waals surface area contributed by atoms with E-state index in [-0.39, 0.29) is 6.04 Å². The molecule has 0 rings (SSSR count). The molecule has 0 bridgehead atoms. The first-order chi connectivity index (χ1) is 7.74. The minimum absolute atomic E-state index is 0.280. The van der Waals surface area contributed by atoms with Crippen LogP contribution in [0, 0.1) is 0 Å². The number of methoxy groups -OCH3 is 1. The summed E-state index contributed by atoms with van der Waals surface area (Å²) in [5.41, 5.74) is 0. The molecule has 0 saturated carbocycles. The topological polar surface area (TPSA) is 45.7 Å². The van der Waals surface area contributed by atoms with Gasteiger partial charge in [-0.1, -0.05) is 0 Å². The highest BCUT2D eigenvalue weighted by Crippen LogP contribution is 1.97. The average molecular weight is 247 g/mol. The molecular formula is C11H25N3OS. The molecular weight excluding hydrogens is 222 g/mol. The second-order valence-electron chi connectivity index (χ2n) is 3.70. The number of nitrogens with one attached hydrogen (secondary N) is 2. The SMILES string of the molecule is CN=C(NCCCCSC)NC(C)COC. The van der Waals surface area contributed by atoms with Crippen LogP contribution in [-0.2, 0) is 4.74 Å². The summed E-state index contributed by atoms with van der Waals surface area (Å²) in [6.45, 7) is 3.73. The minimum atomic E-state index is 0.280. The molecule has 1 unspecified atom stereocenters. The number of aliphatic imine (C=N–C) groups is 1. The van der Waals surface area contributed by atoms with E-state index < -0.39 is 0 Å². The van der Waals surface area contributed by atoms with Gasteiger partial charge in [-0.3, -0.25) is 4.99 Å². The van der Waals surface area contributed by atoms with Crippen LogP contribution in [-0.4, -0.2) is 51.3 Å². The maximum Gasteiger partial charge on any atom is 0.191 e. The van der Waals surface area contributed by atoms with Gasteiger partial charge in [0, 0.05) is 26.7 Å². The van der Waals surface area contributed by atoms with E-state index in [9.17, 15) is 0 Å². The Morgan fingerprint density at radius 2 is 2.19 bits per heavy atom. The number of unbranched alkanes of at least 4 members (excludes halogenated alkanes) is 1. The van der Waals surface area contributed by atoms with Gasteiger partial charge in [0.1, 0.15) is 0 Å². The third-order valence-corrected chi connectivity index (χ3v) is 2.79. The average Bonchev–Trinajstić information content (AvgIpc) is 2.27. The highest BCUT2D eigenvalue weighted by Gasteiger charge is 2.03. The first-order valence-corrected chi connectivity index (χ1v) is 7.09. The van der Waals surface area contributed by atoms with Gasteiger partial charge in [0.15, 0.2) is 5.96 Å². The molecule has 0 aromatic rings. The summed E-state index contributed by atoms with van der Waals surface area (Å²) in [5, 5.41) is 6.56. The van der Waals surface area contributed by atoms with Gasteiger partial charge in [-0.15, -0.1) is 0 Å². The fourth-order valence-corrected chi connectivity index (χ4v) is 1.79. The van der Waals surface area contributed by atoms with Crippen molar-refractivity contribution in [2.45, 2.75) is 25.8 Å². The summed E-state index contributed by atoms with van der Waals surface area (Å²) in [4.78, 5) is 4.16. The molecule has 0 heterocycles. The van der Waals surface area contributed by atoms with Crippen LogP contribution in [0.5, 0.6) is 0 Å². The number of hydrogen-bond acceptors (Lipinski definition) is 3. The molecule has 1 atom stereocenters. The van der Waals surface area contributed by atoms with E-state index in [2.05, 4.69) is 28.8 Å². The van der Waals surface area contributed by atoms with Crippen molar-refractivity contribution in [2.24, 2.45) is 4.99 Å². The zero-order valence-corrected chi connectivity index (χ0v) is 11.7. The maximum atomic E-state index is 5.06. The fraction of sp³-hybridized carbons (Fsp3) is 0.909. The van der Waals surface area contributed by atoms with E-state index in [4.69, 9.17) is 4.74 Å². The molecule has 0 aromatic carbocycles. The van der Waals surface area contributed by atoms with Crippen LogP contribution in [0.25, 0.3) is 0 Å². The van der Waals surface area contributed by atoms with Crippen molar-refractivity contribution in [2.75, 3.05) is 39.3 Å². The quantitative estimate of drug-likeness (QED) is 0.386. The second kappa shape index (κ2) is 11.1. The zero-order valence-electron chi connectivity index (χ0n) is 10.9. The number of ether oxygens (including phenoxy) is 1. The molecule has 16 heavy (non-hydrogen) atoms. The van der Waals surface area contributed by atoms with Crippen LogP contribution in [0.1, 0.15) is 19.8 Å². The van der Waals surface area contributed by atoms with E-state index >= 15 is 0 Å². The smallest absolute Gasteiger partial charge is 0.191 e. The van der Waals surface area contributed by atoms with Gasteiger partial charge in [0.2, 0.25) is 0 Å². The third kappa shape index (κ3) is 8.85. The Kier molecular flexibility index (Phi) is 10.8. The largest absolute Gasteiger partial charge is 0.383 e. The molecule has 0 fully saturated rings. The number of nitrogens with zero attached hydrogens (tertiary/aromatic N) is 1. The summed E-state index contributed by atoms with van der Waals surface area (Å²) in [7, 11) is 3.49. The molecule has 2 N–H and O–H groups in total. The van der Waals surface area contributed by atoms with Crippen LogP contribution in [0.4, 0.5) is 0 Å². The Labute approximate surface area is 104 Å². The number of rotatable bonds is 8. The van der Waals surface area contributed by atoms with Crippen molar-refractivity contribution >= 4 is 17.7 Å². The Bertz CT molecular complexity index is 188. The standard InChI is InChI=1S/C11H25N3OS/c1-10(9-15-3)14-11(12-2)13-7-5-6-8-16-4/h10H,5-9H2,1-4H3,(H2,12,13,14). The van der Waals surface area contributed by atoms with Crippen molar-refractivity contribution in [3.63, 3.8) is 0 Å². The lowest BCUT2D eigenvalue weighted by molar-refractivity contribution is 0.179. The first kappa shape index (κ1) is 15.6. The molecule has 96 valence electrons. The first-order valence-electron chi connectivity index (χ1n) is 5.69. The van der Waals surface area contributed by atoms with E-state index in [0.29, 0.717) is 6.61 Å². The lowest BCUT2D eigenvalue weighted by Crippen LogP contribution is -2.44. The van der Waals surface area contributed by atoms with Crippen molar-refractivity contribution < 1.29 is 4.74 Å². The summed E-state index contributed by atoms with van der Waals surface area (Å²) in [5.74, 6) is 2.09. The van der Waals surface area contributed by atoms with E-state index in [1.807, 2.05) is 11.8 Å². The normalized spacial score (nSPS) is 13.6. The maximum absolute atomic E-state index is 5.06. The van der Waals surface area contributed by atoms with Crippen molar-refractivity contribution in [3.05, 3.63) is 0 Å². The molecule has 0 amide bonds. The van der Waals surface area contributed by atoms with Crippen molar-refractivity contribution in [1.29, 1.82) is 0 Å². The molecule has 4 nitrogen and oxygen atoms in total. The van der Waals surface area contributed by atoms with E-state index in [1.165, 1.54) is 18.6 Å². The number of guanidine groups is 1. The van der Waals surface area contributed by atoms with Crippen LogP contribution >= 0.6 is 11.8 Å². The second-order valence-corrected chi connectivity index (χ2v) is 4.69. The van der Waals surface area contributed by atoms with E-state index in [0.717, 1.165) is 12.5 Å². The molecule has 0 aromatic heterocycles. The Hall–Kier alpha value is -0.420. The highest BCUT2D eigenvalue weighted by atomic mass is 32.2. The summed E-state index contributed by atoms with van der Waals surface area (Å²) in [6, 6.07) is 0.280. The van der Waals surface area contributed by atoms with Crippen LogP contribution in [0.2, 0.25) is 0 Å². The Morgan fingerprint density at radius 3 is 2.75 bits per heavy atom. The van der Waals surface area contributed by atoms with Gasteiger partial charge < -0.3 is 15.4 Å². The molecule has 0 aliphatic heterocycles. The van der Waals surface area contributed by atoms with Crippen LogP contribution in [0.3, 0.4) is 0 Å². The van der Waals surface area contributed by atoms with Crippen LogP contribution < -0.4 is 10.6 Å². The van der Waals surface area contributed by atoms with E-state index in [1.54, 1.807) is 14.2 Å². The molecule has 0 spiro atoms. The molecule has 5 heteroatoms. The van der Waals surface area contributed by atoms with Gasteiger partial charge in [-0.25, -0.2) is 0 Å². The Morgan fingerprint density at radius 1 is 1.44 bits per heavy atom. The lowest BCUT2D eigenvalue weighted by Gasteiger charge is -2.17. The third-order valence-electron chi connectivity index (χ3n) is 2.09. The van der Waals surface area contributed by atoms with Gasteiger partial charge in [-0.2, -0.15) is 11.8 Å². The monoisotopic (exact) mass is 247 g/mol. The Balaban J connectivity index is 3.60. The van der Waals surface area contributed by atoms with Crippen molar-refractivity contribution in [3.8, 4) is 0 Å². The summed E-state index contributed by atoms with van der Waals surface area (Å²) < 4.78 is 5.06. The minimum Gasteiger partial charge on any atom is -0.383 e. The lowest BCUT2D eigenvalue weighted by atomic mass is 10.3. The summed E-state index contributed by atoms with van der Waals surface area (Å²) in [6.07, 6.45) is 4.57. The highest BCUT2D eigenvalue weighted by molar-refractivity contribution is 7.98. The van der Waals surface area contributed by atoms with Gasteiger partial charge >= 0.3 is 0 Å². The summed E-state index contributed by atoms with van der Waals surface area (Å²) >= 11 is 1.89. The van der Waals surface area contributed by atoms with Crippen LogP contribution in [0.15, 0.2) is 4.99 Å². The van der Waals surface area contributed by atoms with Gasteiger partial charge in [0.05, 0.1) is 6.61 Å². The van der Waals surface area contributed by atoms with Gasteiger partial charge in [0.25, 0.3) is 0 Å². The molecule has 0 saturated heterocycles. The van der Waals surface area contributed by atoms with Crippen molar-refractivity contribution in [1.82, 2.24) is 10.6 Å². The molecule has 0 aliphatic rings. The number of thioether (sulfide) groups is 1.